The zero-order valence-electron chi connectivity index (χ0n) is 15.2. The van der Waals surface area contributed by atoms with Crippen LogP contribution in [0.5, 0.6) is 5.75 Å². The molecule has 0 radical (unpaired) electrons. The van der Waals surface area contributed by atoms with Crippen LogP contribution < -0.4 is 10.1 Å². The summed E-state index contributed by atoms with van der Waals surface area (Å²) in [5.74, 6) is 0.374. The summed E-state index contributed by atoms with van der Waals surface area (Å²) in [5.41, 5.74) is 2.96. The molecule has 0 bridgehead atoms. The Morgan fingerprint density at radius 1 is 1.08 bits per heavy atom. The van der Waals surface area contributed by atoms with Crippen molar-refractivity contribution in [2.75, 3.05) is 18.9 Å². The zero-order chi connectivity index (χ0) is 19.1. The standard InChI is InChI=1S/C20H24F2N2O2/c1-14(2)16-6-4-15(5-7-16)12-24(3)13-19(25)23-17-8-10-18(11-9-17)26-20(21)22/h4-11,14,20H,12-13H2,1-3H3,(H,23,25). The fourth-order valence-electron chi connectivity index (χ4n) is 2.54. The van der Waals surface area contributed by atoms with E-state index < -0.39 is 6.61 Å². The lowest BCUT2D eigenvalue weighted by Gasteiger charge is -2.17. The summed E-state index contributed by atoms with van der Waals surface area (Å²) in [5, 5.41) is 2.74. The molecule has 0 aliphatic carbocycles. The van der Waals surface area contributed by atoms with Crippen LogP contribution >= 0.6 is 0 Å². The number of nitrogens with zero attached hydrogens (tertiary/aromatic N) is 1. The second kappa shape index (κ2) is 9.29. The summed E-state index contributed by atoms with van der Waals surface area (Å²) in [6.07, 6.45) is 0. The van der Waals surface area contributed by atoms with Crippen molar-refractivity contribution in [3.8, 4) is 5.75 Å². The Morgan fingerprint density at radius 2 is 1.69 bits per heavy atom. The highest BCUT2D eigenvalue weighted by Crippen LogP contribution is 2.18. The van der Waals surface area contributed by atoms with Crippen LogP contribution in [0.25, 0.3) is 0 Å². The Balaban J connectivity index is 1.82. The minimum atomic E-state index is -2.86. The van der Waals surface area contributed by atoms with Crippen molar-refractivity contribution in [2.24, 2.45) is 0 Å². The van der Waals surface area contributed by atoms with Gasteiger partial charge in [-0.05, 0) is 48.4 Å². The van der Waals surface area contributed by atoms with Gasteiger partial charge in [-0.15, -0.1) is 0 Å². The van der Waals surface area contributed by atoms with Gasteiger partial charge in [0, 0.05) is 12.2 Å². The van der Waals surface area contributed by atoms with Gasteiger partial charge in [0.2, 0.25) is 5.91 Å². The van der Waals surface area contributed by atoms with Crippen LogP contribution in [-0.2, 0) is 11.3 Å². The van der Waals surface area contributed by atoms with E-state index in [0.717, 1.165) is 5.56 Å². The number of carbonyl (C=O) groups excluding carboxylic acids is 1. The molecule has 0 aliphatic rings. The predicted octanol–water partition coefficient (Wildman–Crippen LogP) is 4.48. The van der Waals surface area contributed by atoms with Crippen LogP contribution in [0.2, 0.25) is 0 Å². The number of alkyl halides is 2. The molecule has 0 heterocycles. The minimum absolute atomic E-state index is 0.0555. The summed E-state index contributed by atoms with van der Waals surface area (Å²) < 4.78 is 28.5. The smallest absolute Gasteiger partial charge is 0.387 e. The molecule has 2 rings (SSSR count). The van der Waals surface area contributed by atoms with Crippen molar-refractivity contribution in [3.63, 3.8) is 0 Å². The molecule has 26 heavy (non-hydrogen) atoms. The summed E-state index contributed by atoms with van der Waals surface area (Å²) in [4.78, 5) is 14.0. The van der Waals surface area contributed by atoms with E-state index in [1.165, 1.54) is 29.8 Å². The summed E-state index contributed by atoms with van der Waals surface area (Å²) in [6.45, 7) is 2.32. The van der Waals surface area contributed by atoms with Crippen molar-refractivity contribution in [3.05, 3.63) is 59.7 Å². The van der Waals surface area contributed by atoms with Crippen LogP contribution in [0, 0.1) is 0 Å². The number of nitrogens with one attached hydrogen (secondary N) is 1. The first-order valence-corrected chi connectivity index (χ1v) is 8.45. The number of hydrogen-bond acceptors (Lipinski definition) is 3. The van der Waals surface area contributed by atoms with E-state index in [1.54, 1.807) is 0 Å². The number of ether oxygens (including phenoxy) is 1. The van der Waals surface area contributed by atoms with E-state index in [-0.39, 0.29) is 18.2 Å². The molecule has 0 aromatic heterocycles. The molecule has 1 N–H and O–H groups in total. The number of amides is 1. The maximum absolute atomic E-state index is 12.1. The van der Waals surface area contributed by atoms with Crippen LogP contribution in [0.15, 0.2) is 48.5 Å². The average molecular weight is 362 g/mol. The predicted molar refractivity (Wildman–Crippen MR) is 98.6 cm³/mol. The quantitative estimate of drug-likeness (QED) is 0.753. The fourth-order valence-corrected chi connectivity index (χ4v) is 2.54. The third-order valence-corrected chi connectivity index (χ3v) is 3.88. The van der Waals surface area contributed by atoms with E-state index in [0.29, 0.717) is 18.2 Å². The second-order valence-corrected chi connectivity index (χ2v) is 6.52. The number of rotatable bonds is 8. The van der Waals surface area contributed by atoms with Crippen molar-refractivity contribution in [1.82, 2.24) is 4.90 Å². The van der Waals surface area contributed by atoms with Gasteiger partial charge < -0.3 is 10.1 Å². The Hall–Kier alpha value is -2.47. The SMILES string of the molecule is CC(C)c1ccc(CN(C)CC(=O)Nc2ccc(OC(F)F)cc2)cc1. The Kier molecular flexibility index (Phi) is 7.09. The lowest BCUT2D eigenvalue weighted by Crippen LogP contribution is -2.29. The number of carbonyl (C=O) groups is 1. The topological polar surface area (TPSA) is 41.6 Å². The van der Waals surface area contributed by atoms with Gasteiger partial charge in [0.05, 0.1) is 6.54 Å². The van der Waals surface area contributed by atoms with Crippen molar-refractivity contribution in [1.29, 1.82) is 0 Å². The van der Waals surface area contributed by atoms with E-state index >= 15 is 0 Å². The van der Waals surface area contributed by atoms with Gasteiger partial charge in [-0.2, -0.15) is 8.78 Å². The first-order valence-electron chi connectivity index (χ1n) is 8.45. The zero-order valence-corrected chi connectivity index (χ0v) is 15.2. The Bertz CT molecular complexity index is 701. The van der Waals surface area contributed by atoms with Gasteiger partial charge in [-0.25, -0.2) is 0 Å². The number of hydrogen-bond donors (Lipinski definition) is 1. The van der Waals surface area contributed by atoms with Crippen LogP contribution in [0.4, 0.5) is 14.5 Å². The molecule has 1 amide bonds. The largest absolute Gasteiger partial charge is 0.435 e. The highest BCUT2D eigenvalue weighted by atomic mass is 19.3. The fraction of sp³-hybridized carbons (Fsp3) is 0.350. The average Bonchev–Trinajstić information content (AvgIpc) is 2.56. The first kappa shape index (κ1) is 19.8. The highest BCUT2D eigenvalue weighted by molar-refractivity contribution is 5.92. The molecule has 2 aromatic rings. The summed E-state index contributed by atoms with van der Waals surface area (Å²) in [6, 6.07) is 14.2. The van der Waals surface area contributed by atoms with Crippen LogP contribution in [0.1, 0.15) is 30.9 Å². The normalized spacial score (nSPS) is 11.2. The number of likely N-dealkylation sites (N-methyl/N-ethyl adjacent to an activating group) is 1. The van der Waals surface area contributed by atoms with Gasteiger partial charge in [0.15, 0.2) is 0 Å². The third kappa shape index (κ3) is 6.44. The molecule has 4 nitrogen and oxygen atoms in total. The molecular weight excluding hydrogens is 338 g/mol. The van der Waals surface area contributed by atoms with Crippen molar-refractivity contribution < 1.29 is 18.3 Å². The van der Waals surface area contributed by atoms with E-state index in [4.69, 9.17) is 0 Å². The monoisotopic (exact) mass is 362 g/mol. The molecule has 2 aromatic carbocycles. The number of halogens is 2. The Morgan fingerprint density at radius 3 is 2.23 bits per heavy atom. The number of benzene rings is 2. The molecule has 0 unspecified atom stereocenters. The van der Waals surface area contributed by atoms with E-state index in [2.05, 4.69) is 48.2 Å². The molecule has 0 saturated heterocycles. The van der Waals surface area contributed by atoms with E-state index in [1.807, 2.05) is 11.9 Å². The lowest BCUT2D eigenvalue weighted by molar-refractivity contribution is -0.117. The maximum atomic E-state index is 12.1. The van der Waals surface area contributed by atoms with Crippen molar-refractivity contribution >= 4 is 11.6 Å². The summed E-state index contributed by atoms with van der Waals surface area (Å²) in [7, 11) is 1.87. The molecule has 6 heteroatoms. The number of anilines is 1. The highest BCUT2D eigenvalue weighted by Gasteiger charge is 2.09. The molecule has 0 aliphatic heterocycles. The van der Waals surface area contributed by atoms with Gasteiger partial charge in [0.1, 0.15) is 5.75 Å². The molecule has 0 saturated carbocycles. The third-order valence-electron chi connectivity index (χ3n) is 3.88. The van der Waals surface area contributed by atoms with Crippen LogP contribution in [0.3, 0.4) is 0 Å². The maximum Gasteiger partial charge on any atom is 0.387 e. The molecular formula is C20H24F2N2O2. The molecule has 0 atom stereocenters. The first-order chi connectivity index (χ1) is 12.3. The van der Waals surface area contributed by atoms with Gasteiger partial charge in [-0.3, -0.25) is 9.69 Å². The lowest BCUT2D eigenvalue weighted by atomic mass is 10.0. The summed E-state index contributed by atoms with van der Waals surface area (Å²) >= 11 is 0. The molecule has 140 valence electrons. The van der Waals surface area contributed by atoms with Gasteiger partial charge in [-0.1, -0.05) is 38.1 Å². The van der Waals surface area contributed by atoms with E-state index in [9.17, 15) is 13.6 Å². The van der Waals surface area contributed by atoms with Gasteiger partial charge in [0.25, 0.3) is 0 Å². The molecule has 0 spiro atoms. The second-order valence-electron chi connectivity index (χ2n) is 6.52. The van der Waals surface area contributed by atoms with Crippen molar-refractivity contribution in [2.45, 2.75) is 32.9 Å². The molecule has 0 fully saturated rings. The minimum Gasteiger partial charge on any atom is -0.435 e. The Labute approximate surface area is 152 Å². The van der Waals surface area contributed by atoms with Gasteiger partial charge >= 0.3 is 6.61 Å². The van der Waals surface area contributed by atoms with Crippen LogP contribution in [-0.4, -0.2) is 31.0 Å².